The molecule has 73 heavy (non-hydrogen) atoms. The zero-order valence-electron chi connectivity index (χ0n) is 43.2. The Balaban J connectivity index is 0.000000429. The van der Waals surface area contributed by atoms with E-state index in [1.165, 1.54) is 25.2 Å². The minimum atomic E-state index is -4.48. The van der Waals surface area contributed by atoms with Crippen molar-refractivity contribution in [3.8, 4) is 29.0 Å². The highest BCUT2D eigenvalue weighted by atomic mass is 35.5. The first kappa shape index (κ1) is 56.5. The summed E-state index contributed by atoms with van der Waals surface area (Å²) in [6.07, 6.45) is 0.0371. The Morgan fingerprint density at radius 3 is 2.10 bits per heavy atom. The van der Waals surface area contributed by atoms with Gasteiger partial charge in [-0.3, -0.25) is 19.2 Å². The average Bonchev–Trinajstić information content (AvgIpc) is 4.16. The molecule has 2 saturated carbocycles. The number of hydrogen-bond acceptors (Lipinski definition) is 15. The first-order valence-electron chi connectivity index (χ1n) is 24.0. The van der Waals surface area contributed by atoms with Crippen LogP contribution in [0.1, 0.15) is 101 Å². The van der Waals surface area contributed by atoms with Crippen LogP contribution in [0.5, 0.6) is 29.0 Å². The summed E-state index contributed by atoms with van der Waals surface area (Å²) in [5, 5.41) is 7.16. The first-order chi connectivity index (χ1) is 34.1. The van der Waals surface area contributed by atoms with Gasteiger partial charge in [-0.2, -0.15) is 8.42 Å². The number of aromatic nitrogens is 2. The molecule has 1 aliphatic heterocycles. The normalized spacial score (nSPS) is 20.5. The lowest BCUT2D eigenvalue weighted by Crippen LogP contribution is -2.60. The summed E-state index contributed by atoms with van der Waals surface area (Å²) in [5.41, 5.74) is -3.41. The van der Waals surface area contributed by atoms with Crippen LogP contribution in [0.2, 0.25) is 10.0 Å². The molecule has 2 aromatic heterocycles. The van der Waals surface area contributed by atoms with Crippen LogP contribution < -0.4 is 44.5 Å². The maximum atomic E-state index is 14.6. The number of methoxy groups -OCH3 is 2. The van der Waals surface area contributed by atoms with E-state index >= 15 is 0 Å². The predicted molar refractivity (Wildman–Crippen MR) is 274 cm³/mol. The van der Waals surface area contributed by atoms with Gasteiger partial charge < -0.3 is 48.9 Å². The highest BCUT2D eigenvalue weighted by Gasteiger charge is 2.62. The van der Waals surface area contributed by atoms with Gasteiger partial charge in [-0.15, -0.1) is 0 Å². The quantitative estimate of drug-likeness (QED) is 0.0805. The molecular formula is C50H66Cl2N6O14S. The molecule has 3 heterocycles. The second-order valence-corrected chi connectivity index (χ2v) is 22.5. The van der Waals surface area contributed by atoms with E-state index in [4.69, 9.17) is 55.8 Å². The molecule has 4 N–H and O–H groups in total. The van der Waals surface area contributed by atoms with E-state index in [2.05, 4.69) is 20.6 Å². The van der Waals surface area contributed by atoms with E-state index in [-0.39, 0.29) is 41.6 Å². The van der Waals surface area contributed by atoms with Crippen LogP contribution in [0.4, 0.5) is 4.79 Å². The molecule has 0 unspecified atom stereocenters. The minimum absolute atomic E-state index is 0.0349. The van der Waals surface area contributed by atoms with Crippen molar-refractivity contribution in [3.05, 3.63) is 56.7 Å². The fourth-order valence-electron chi connectivity index (χ4n) is 8.45. The summed E-state index contributed by atoms with van der Waals surface area (Å²) < 4.78 is 66.3. The third-order valence-corrected chi connectivity index (χ3v) is 14.3. The van der Waals surface area contributed by atoms with E-state index in [0.29, 0.717) is 82.4 Å². The molecule has 5 atom stereocenters. The molecule has 3 aliphatic rings. The topological polar surface area (TPSA) is 252 Å². The van der Waals surface area contributed by atoms with Crippen LogP contribution in [0.3, 0.4) is 0 Å². The second kappa shape index (κ2) is 22.0. The summed E-state index contributed by atoms with van der Waals surface area (Å²) in [4.78, 5) is 76.4. The lowest BCUT2D eigenvalue weighted by Gasteiger charge is -2.36. The Bertz CT molecular complexity index is 2920. The third-order valence-electron chi connectivity index (χ3n) is 12.5. The van der Waals surface area contributed by atoms with Gasteiger partial charge in [0.05, 0.1) is 45.1 Å². The Morgan fingerprint density at radius 2 is 1.53 bits per heavy atom. The Labute approximate surface area is 435 Å². The molecule has 23 heteroatoms. The van der Waals surface area contributed by atoms with Gasteiger partial charge in [-0.05, 0) is 96.4 Å². The van der Waals surface area contributed by atoms with E-state index < -0.39 is 74.5 Å². The number of hydrogen-bond donors (Lipinski definition) is 4. The van der Waals surface area contributed by atoms with Gasteiger partial charge in [0.2, 0.25) is 17.7 Å². The van der Waals surface area contributed by atoms with Crippen LogP contribution >= 0.6 is 23.2 Å². The third kappa shape index (κ3) is 13.3. The van der Waals surface area contributed by atoms with Gasteiger partial charge in [-0.1, -0.05) is 57.3 Å². The van der Waals surface area contributed by atoms with E-state index in [0.717, 1.165) is 0 Å². The molecular weight excluding hydrogens is 1010 g/mol. The summed E-state index contributed by atoms with van der Waals surface area (Å²) >= 11 is 12.8. The van der Waals surface area contributed by atoms with Crippen molar-refractivity contribution in [3.63, 3.8) is 0 Å². The average molecular weight is 1080 g/mol. The van der Waals surface area contributed by atoms with Crippen molar-refractivity contribution in [1.82, 2.24) is 30.2 Å². The Hall–Kier alpha value is -5.77. The number of nitrogens with one attached hydrogen (secondary N) is 4. The fraction of sp³-hybridized carbons (Fsp3) is 0.560. The zero-order valence-corrected chi connectivity index (χ0v) is 45.5. The zero-order chi connectivity index (χ0) is 54.0. The van der Waals surface area contributed by atoms with E-state index in [1.54, 1.807) is 85.7 Å². The number of halogens is 2. The molecule has 2 aliphatic carbocycles. The minimum Gasteiger partial charge on any atom is -0.495 e. The first-order valence-corrected chi connectivity index (χ1v) is 26.2. The van der Waals surface area contributed by atoms with Crippen molar-refractivity contribution >= 4 is 79.1 Å². The molecule has 0 radical (unpaired) electrons. The summed E-state index contributed by atoms with van der Waals surface area (Å²) in [7, 11) is -1.47. The van der Waals surface area contributed by atoms with Crippen LogP contribution in [0.25, 0.3) is 21.8 Å². The number of carbonyl (C=O) groups excluding carboxylic acids is 4. The molecule has 7 rings (SSSR count). The molecule has 0 bridgehead atoms. The van der Waals surface area contributed by atoms with E-state index in [9.17, 15) is 32.4 Å². The summed E-state index contributed by atoms with van der Waals surface area (Å²) in [6.45, 7) is 18.2. The lowest BCUT2D eigenvalue weighted by atomic mass is 9.85. The predicted octanol–water partition coefficient (Wildman–Crippen LogP) is 7.39. The van der Waals surface area contributed by atoms with Crippen molar-refractivity contribution in [2.75, 3.05) is 34.0 Å². The summed E-state index contributed by atoms with van der Waals surface area (Å²) in [5.74, 6) is -0.750. The SMILES string of the molecule is CCOc1cc(=O)c2ccc(OC)c(Cl)c2[nH]1.CCOc1cc(O[C@@H]2C[C@@H](C(=O)N[C@]3(C(=O)NS(=O)(=O)OC4(C)CC4)C[C@H]3CC)N(C(=O)[C@@H](NC(=O)OC(C)(C)C)C(C)(C)C)C2)c2ccc(OC)c(Cl)c2n1. The van der Waals surface area contributed by atoms with E-state index in [1.807, 2.05) is 18.6 Å². The highest BCUT2D eigenvalue weighted by Crippen LogP contribution is 2.47. The standard InChI is InChI=1S/C38H54ClN5O11S.C12H12ClNO3/c1-11-21-19-38(21,33(47)43-56(49,50)55-37(9)15-16-37)42-31(45)24-17-22(20-44(24)32(46)30(35(3,4)5)41-34(48)54-36(6,7)8)53-26-18-27(52-12-2)40-29-23(26)13-14-25(51-10)28(29)39;1-3-17-10-6-8(15)7-4-5-9(16-2)11(13)12(7)14-10/h13-14,18,21-22,24,30H,11-12,15-17,19-20H2,1-10H3,(H,41,48)(H,42,45)(H,43,47);4-6H,3H2,1-2H3,(H,14,15)/t21-,22-,24+,30-,38-;/m1./s1. The highest BCUT2D eigenvalue weighted by molar-refractivity contribution is 7.85. The molecule has 0 spiro atoms. The fourth-order valence-corrected chi connectivity index (χ4v) is 10.2. The molecule has 20 nitrogen and oxygen atoms in total. The number of likely N-dealkylation sites (tertiary alicyclic amines) is 1. The Kier molecular flexibility index (Phi) is 17.0. The van der Waals surface area contributed by atoms with Gasteiger partial charge in [0.15, 0.2) is 11.3 Å². The van der Waals surface area contributed by atoms with Gasteiger partial charge >= 0.3 is 16.4 Å². The number of rotatable bonds is 17. The van der Waals surface area contributed by atoms with Crippen LogP contribution in [-0.4, -0.2) is 116 Å². The number of amides is 4. The number of fused-ring (bicyclic) bond motifs is 2. The summed E-state index contributed by atoms with van der Waals surface area (Å²) in [6, 6.07) is 7.37. The molecule has 4 aromatic rings. The number of aromatic amines is 1. The monoisotopic (exact) mass is 1080 g/mol. The van der Waals surface area contributed by atoms with Crippen LogP contribution in [0, 0.1) is 11.3 Å². The molecule has 3 fully saturated rings. The lowest BCUT2D eigenvalue weighted by molar-refractivity contribution is -0.143. The maximum absolute atomic E-state index is 14.6. The number of carbonyl (C=O) groups is 4. The molecule has 4 amide bonds. The van der Waals surface area contributed by atoms with Crippen molar-refractivity contribution in [2.45, 2.75) is 136 Å². The molecule has 1 saturated heterocycles. The number of alkyl carbamates (subject to hydrolysis) is 1. The van der Waals surface area contributed by atoms with Crippen molar-refractivity contribution in [2.24, 2.45) is 11.3 Å². The van der Waals surface area contributed by atoms with Gasteiger partial charge in [0.1, 0.15) is 62.1 Å². The van der Waals surface area contributed by atoms with Gasteiger partial charge in [0.25, 0.3) is 5.91 Å². The van der Waals surface area contributed by atoms with Gasteiger partial charge in [0, 0.05) is 29.3 Å². The van der Waals surface area contributed by atoms with Crippen LogP contribution in [-0.2, 0) is 33.6 Å². The largest absolute Gasteiger partial charge is 0.495 e. The molecule has 2 aromatic carbocycles. The maximum Gasteiger partial charge on any atom is 0.408 e. The smallest absolute Gasteiger partial charge is 0.408 e. The number of nitrogens with zero attached hydrogens (tertiary/aromatic N) is 2. The van der Waals surface area contributed by atoms with Gasteiger partial charge in [-0.25, -0.2) is 18.7 Å². The molecule has 400 valence electrons. The number of H-pyrrole nitrogens is 1. The Morgan fingerprint density at radius 1 is 0.904 bits per heavy atom. The van der Waals surface area contributed by atoms with Crippen LogP contribution in [0.15, 0.2) is 41.2 Å². The number of benzene rings is 2. The van der Waals surface area contributed by atoms with Crippen molar-refractivity contribution < 1.29 is 60.2 Å². The van der Waals surface area contributed by atoms with Crippen molar-refractivity contribution in [1.29, 1.82) is 0 Å². The number of pyridine rings is 2. The second-order valence-electron chi connectivity index (χ2n) is 20.4. The number of ether oxygens (including phenoxy) is 6.